The van der Waals surface area contributed by atoms with Crippen molar-refractivity contribution in [1.82, 2.24) is 14.6 Å². The Bertz CT molecular complexity index is 907. The molecule has 10 heteroatoms. The average Bonchev–Trinajstić information content (AvgIpc) is 3.12. The van der Waals surface area contributed by atoms with Crippen LogP contribution in [-0.4, -0.2) is 50.0 Å². The smallest absolute Gasteiger partial charge is 0.367 e. The fourth-order valence-corrected chi connectivity index (χ4v) is 5.01. The third kappa shape index (κ3) is 5.34. The maximum atomic E-state index is 13.0. The zero-order valence-corrected chi connectivity index (χ0v) is 17.1. The molecule has 152 valence electrons. The van der Waals surface area contributed by atoms with E-state index in [-0.39, 0.29) is 10.9 Å². The number of nitrogens with one attached hydrogen (secondary N) is 1. The molecule has 1 aliphatic rings. The zero-order chi connectivity index (χ0) is 20.1. The quantitative estimate of drug-likeness (QED) is 0.683. The second-order valence-electron chi connectivity index (χ2n) is 6.49. The fraction of sp³-hybridized carbons (Fsp3) is 0.444. The Kier molecular flexibility index (Phi) is 6.76. The van der Waals surface area contributed by atoms with Crippen LogP contribution < -0.4 is 4.72 Å². The summed E-state index contributed by atoms with van der Waals surface area (Å²) in [5.74, 6) is -0.881. The van der Waals surface area contributed by atoms with E-state index in [0.717, 1.165) is 17.8 Å². The average molecular weight is 428 g/mol. The highest BCUT2D eigenvalue weighted by Gasteiger charge is 2.25. The van der Waals surface area contributed by atoms with Crippen LogP contribution in [0.25, 0.3) is 0 Å². The lowest BCUT2D eigenvalue weighted by molar-refractivity contribution is 0.0525. The third-order valence-corrected chi connectivity index (χ3v) is 6.83. The zero-order valence-electron chi connectivity index (χ0n) is 15.4. The molecule has 1 saturated heterocycles. The Morgan fingerprint density at radius 3 is 2.64 bits per heavy atom. The van der Waals surface area contributed by atoms with Gasteiger partial charge in [-0.1, -0.05) is 0 Å². The lowest BCUT2D eigenvalue weighted by Crippen LogP contribution is -2.44. The number of sulfonamides is 1. The highest BCUT2D eigenvalue weighted by atomic mass is 32.2. The lowest BCUT2D eigenvalue weighted by atomic mass is 10.1. The van der Waals surface area contributed by atoms with Crippen molar-refractivity contribution in [1.29, 1.82) is 0 Å². The molecule has 1 aliphatic heterocycles. The summed E-state index contributed by atoms with van der Waals surface area (Å²) >= 11 is 1.26. The van der Waals surface area contributed by atoms with Crippen LogP contribution in [0.15, 0.2) is 34.5 Å². The van der Waals surface area contributed by atoms with Crippen LogP contribution >= 0.6 is 11.3 Å². The number of ether oxygens (including phenoxy) is 1. The molecular formula is C18H22FN3O4S2. The number of carbonyl (C=O) groups is 1. The van der Waals surface area contributed by atoms with Gasteiger partial charge in [-0.3, -0.25) is 4.90 Å². The van der Waals surface area contributed by atoms with E-state index < -0.39 is 21.8 Å². The van der Waals surface area contributed by atoms with E-state index in [2.05, 4.69) is 14.6 Å². The number of piperidine rings is 1. The maximum absolute atomic E-state index is 13.0. The highest BCUT2D eigenvalue weighted by Crippen LogP contribution is 2.18. The molecular weight excluding hydrogens is 405 g/mol. The van der Waals surface area contributed by atoms with Gasteiger partial charge in [0, 0.05) is 31.1 Å². The summed E-state index contributed by atoms with van der Waals surface area (Å²) in [5.41, 5.74) is 0.804. The molecule has 0 aliphatic carbocycles. The molecule has 0 unspecified atom stereocenters. The molecule has 0 atom stereocenters. The highest BCUT2D eigenvalue weighted by molar-refractivity contribution is 7.89. The number of hydrogen-bond donors (Lipinski definition) is 1. The van der Waals surface area contributed by atoms with Crippen molar-refractivity contribution < 1.29 is 22.3 Å². The van der Waals surface area contributed by atoms with Crippen LogP contribution in [-0.2, 0) is 21.3 Å². The number of halogens is 1. The minimum atomic E-state index is -3.66. The molecule has 1 N–H and O–H groups in total. The molecule has 28 heavy (non-hydrogen) atoms. The van der Waals surface area contributed by atoms with Crippen LogP contribution in [0.2, 0.25) is 0 Å². The van der Waals surface area contributed by atoms with E-state index in [1.165, 1.54) is 23.5 Å². The van der Waals surface area contributed by atoms with E-state index in [1.807, 2.05) is 5.38 Å². The molecule has 2 heterocycles. The minimum absolute atomic E-state index is 0.0605. The molecule has 7 nitrogen and oxygen atoms in total. The van der Waals surface area contributed by atoms with Gasteiger partial charge >= 0.3 is 5.97 Å². The second kappa shape index (κ2) is 9.08. The van der Waals surface area contributed by atoms with Gasteiger partial charge in [0.25, 0.3) is 0 Å². The number of aromatic nitrogens is 1. The van der Waals surface area contributed by atoms with E-state index in [4.69, 9.17) is 4.74 Å². The first kappa shape index (κ1) is 20.8. The predicted molar refractivity (Wildman–Crippen MR) is 103 cm³/mol. The molecule has 1 aromatic carbocycles. The number of rotatable bonds is 7. The molecule has 0 spiro atoms. The summed E-state index contributed by atoms with van der Waals surface area (Å²) < 4.78 is 45.4. The largest absolute Gasteiger partial charge is 0.461 e. The molecule has 0 amide bonds. The van der Waals surface area contributed by atoms with Gasteiger partial charge in [0.15, 0.2) is 0 Å². The second-order valence-corrected chi connectivity index (χ2v) is 9.06. The van der Waals surface area contributed by atoms with E-state index >= 15 is 0 Å². The third-order valence-electron chi connectivity index (χ3n) is 4.42. The number of benzene rings is 1. The summed E-state index contributed by atoms with van der Waals surface area (Å²) in [4.78, 5) is 18.2. The van der Waals surface area contributed by atoms with Crippen LogP contribution in [0.1, 0.15) is 35.3 Å². The summed E-state index contributed by atoms with van der Waals surface area (Å²) in [5, 5.41) is 2.19. The molecule has 3 rings (SSSR count). The van der Waals surface area contributed by atoms with Gasteiger partial charge in [0.2, 0.25) is 15.0 Å². The van der Waals surface area contributed by atoms with E-state index in [0.29, 0.717) is 44.1 Å². The van der Waals surface area contributed by atoms with Crippen LogP contribution in [0.4, 0.5) is 4.39 Å². The summed E-state index contributed by atoms with van der Waals surface area (Å²) in [7, 11) is -3.66. The Balaban J connectivity index is 1.50. The summed E-state index contributed by atoms with van der Waals surface area (Å²) in [6.07, 6.45) is 1.32. The Labute approximate surface area is 167 Å². The van der Waals surface area contributed by atoms with Crippen LogP contribution in [0, 0.1) is 5.82 Å². The van der Waals surface area contributed by atoms with E-state index in [1.54, 1.807) is 6.92 Å². The van der Waals surface area contributed by atoms with Gasteiger partial charge in [-0.15, -0.1) is 11.3 Å². The lowest BCUT2D eigenvalue weighted by Gasteiger charge is -2.31. The van der Waals surface area contributed by atoms with Crippen LogP contribution in [0.3, 0.4) is 0 Å². The van der Waals surface area contributed by atoms with Crippen molar-refractivity contribution in [2.45, 2.75) is 37.2 Å². The number of nitrogens with zero attached hydrogens (tertiary/aromatic N) is 2. The normalized spacial score (nSPS) is 16.2. The first-order valence-electron chi connectivity index (χ1n) is 8.99. The molecule has 0 saturated carbocycles. The van der Waals surface area contributed by atoms with E-state index in [9.17, 15) is 17.6 Å². The standard InChI is InChI=1S/C18H22FN3O4S2/c1-2-26-18(23)17-20-15(12-27-17)11-22-9-7-14(8-10-22)21-28(24,25)16-5-3-13(19)4-6-16/h3-6,12,14,21H,2,7-11H2,1H3. The minimum Gasteiger partial charge on any atom is -0.461 e. The van der Waals surface area contributed by atoms with Gasteiger partial charge in [-0.25, -0.2) is 27.3 Å². The number of esters is 1. The Hall–Kier alpha value is -1.88. The number of thiazole rings is 1. The summed E-state index contributed by atoms with van der Waals surface area (Å²) in [6, 6.07) is 4.62. The van der Waals surface area contributed by atoms with Gasteiger partial charge in [-0.2, -0.15) is 0 Å². The Morgan fingerprint density at radius 2 is 2.00 bits per heavy atom. The molecule has 2 aromatic rings. The monoisotopic (exact) mass is 427 g/mol. The fourth-order valence-electron chi connectivity index (χ4n) is 3.01. The molecule has 1 aromatic heterocycles. The Morgan fingerprint density at radius 1 is 1.32 bits per heavy atom. The molecule has 0 radical (unpaired) electrons. The van der Waals surface area contributed by atoms with Crippen LogP contribution in [0.5, 0.6) is 0 Å². The van der Waals surface area contributed by atoms with Crippen molar-refractivity contribution in [3.05, 3.63) is 46.2 Å². The first-order chi connectivity index (χ1) is 13.4. The van der Waals surface area contributed by atoms with Gasteiger partial charge in [0.05, 0.1) is 17.2 Å². The van der Waals surface area contributed by atoms with Gasteiger partial charge in [0.1, 0.15) is 5.82 Å². The van der Waals surface area contributed by atoms with Crippen molar-refractivity contribution in [2.75, 3.05) is 19.7 Å². The number of likely N-dealkylation sites (tertiary alicyclic amines) is 1. The molecule has 0 bridgehead atoms. The van der Waals surface area contributed by atoms with Crippen molar-refractivity contribution in [2.24, 2.45) is 0 Å². The summed E-state index contributed by atoms with van der Waals surface area (Å²) in [6.45, 7) is 4.09. The van der Waals surface area contributed by atoms with Crippen molar-refractivity contribution in [3.8, 4) is 0 Å². The van der Waals surface area contributed by atoms with Crippen molar-refractivity contribution in [3.63, 3.8) is 0 Å². The number of carbonyl (C=O) groups excluding carboxylic acids is 1. The number of hydrogen-bond acceptors (Lipinski definition) is 7. The topological polar surface area (TPSA) is 88.6 Å². The van der Waals surface area contributed by atoms with Gasteiger partial charge < -0.3 is 4.74 Å². The first-order valence-corrected chi connectivity index (χ1v) is 11.4. The van der Waals surface area contributed by atoms with Crippen molar-refractivity contribution >= 4 is 27.3 Å². The van der Waals surface area contributed by atoms with Gasteiger partial charge in [-0.05, 0) is 44.0 Å². The molecule has 1 fully saturated rings. The SMILES string of the molecule is CCOC(=O)c1nc(CN2CCC(NS(=O)(=O)c3ccc(F)cc3)CC2)cs1. The predicted octanol–water partition coefficient (Wildman–Crippen LogP) is 2.40. The maximum Gasteiger partial charge on any atom is 0.367 e.